The maximum atomic E-state index is 9.27. The fraction of sp³-hybridized carbons (Fsp3) is 0.684. The largest absolute Gasteiger partial charge is 0.356 e. The third kappa shape index (κ3) is 4.34. The van der Waals surface area contributed by atoms with Crippen molar-refractivity contribution in [2.45, 2.75) is 44.2 Å². The number of hydrogen-bond donors (Lipinski definition) is 2. The molecule has 0 spiro atoms. The Morgan fingerprint density at radius 2 is 2.28 bits per heavy atom. The molecule has 0 radical (unpaired) electrons. The van der Waals surface area contributed by atoms with Crippen molar-refractivity contribution < 1.29 is 0 Å². The Labute approximate surface area is 155 Å². The summed E-state index contributed by atoms with van der Waals surface area (Å²) < 4.78 is 0. The summed E-state index contributed by atoms with van der Waals surface area (Å²) >= 11 is 1.86. The van der Waals surface area contributed by atoms with Crippen molar-refractivity contribution in [1.29, 1.82) is 5.26 Å². The summed E-state index contributed by atoms with van der Waals surface area (Å²) in [6.07, 6.45) is 5.67. The minimum Gasteiger partial charge on any atom is -0.356 e. The number of nitrogens with one attached hydrogen (secondary N) is 2. The van der Waals surface area contributed by atoms with E-state index in [-0.39, 0.29) is 12.0 Å². The number of hydrogen-bond acceptors (Lipinski definition) is 4. The second-order valence-electron chi connectivity index (χ2n) is 7.21. The molecule has 0 amide bonds. The molecule has 1 aliphatic carbocycles. The highest BCUT2D eigenvalue weighted by atomic mass is 32.1. The normalized spacial score (nSPS) is 30.8. The van der Waals surface area contributed by atoms with E-state index in [2.05, 4.69) is 51.2 Å². The highest BCUT2D eigenvalue weighted by Crippen LogP contribution is 2.36. The van der Waals surface area contributed by atoms with E-state index in [4.69, 9.17) is 0 Å². The lowest BCUT2D eigenvalue weighted by molar-refractivity contribution is 0.125. The molecular weight excluding hydrogens is 330 g/mol. The molecule has 2 N–H and O–H groups in total. The molecular formula is C19H29N5S. The van der Waals surface area contributed by atoms with Gasteiger partial charge in [0.1, 0.15) is 0 Å². The lowest BCUT2D eigenvalue weighted by Crippen LogP contribution is -2.48. The van der Waals surface area contributed by atoms with Gasteiger partial charge >= 0.3 is 0 Å². The van der Waals surface area contributed by atoms with Crippen molar-refractivity contribution in [2.24, 2.45) is 16.8 Å². The van der Waals surface area contributed by atoms with Gasteiger partial charge in [0.05, 0.1) is 12.0 Å². The van der Waals surface area contributed by atoms with Gasteiger partial charge in [-0.2, -0.15) is 5.26 Å². The minimum absolute atomic E-state index is 0.109. The summed E-state index contributed by atoms with van der Waals surface area (Å²) in [6.45, 7) is 2.08. The highest BCUT2D eigenvalue weighted by Gasteiger charge is 2.32. The predicted octanol–water partition coefficient (Wildman–Crippen LogP) is 2.99. The second-order valence-corrected chi connectivity index (χ2v) is 8.19. The number of aliphatic imine (C=N–C) groups is 1. The predicted molar refractivity (Wildman–Crippen MR) is 104 cm³/mol. The molecule has 25 heavy (non-hydrogen) atoms. The van der Waals surface area contributed by atoms with Gasteiger partial charge in [-0.05, 0) is 63.1 Å². The molecule has 1 aromatic rings. The Kier molecular flexibility index (Phi) is 6.33. The summed E-state index contributed by atoms with van der Waals surface area (Å²) in [4.78, 5) is 8.33. The lowest BCUT2D eigenvalue weighted by atomic mass is 9.88. The van der Waals surface area contributed by atoms with Crippen molar-refractivity contribution in [1.82, 2.24) is 15.5 Å². The van der Waals surface area contributed by atoms with Crippen molar-refractivity contribution in [3.8, 4) is 6.07 Å². The van der Waals surface area contributed by atoms with Gasteiger partial charge in [0, 0.05) is 30.6 Å². The SMILES string of the molecule is CN=C(NCC1CCCN(C)C1c1cccs1)NC1CCCC1C#N. The van der Waals surface area contributed by atoms with E-state index in [9.17, 15) is 5.26 Å². The van der Waals surface area contributed by atoms with Gasteiger partial charge in [-0.25, -0.2) is 0 Å². The molecule has 4 unspecified atom stereocenters. The maximum absolute atomic E-state index is 9.27. The summed E-state index contributed by atoms with van der Waals surface area (Å²) in [5.74, 6) is 1.52. The molecule has 2 aliphatic rings. The first-order valence-corrected chi connectivity index (χ1v) is 10.2. The first-order chi connectivity index (χ1) is 12.2. The topological polar surface area (TPSA) is 63.5 Å². The third-order valence-corrected chi connectivity index (χ3v) is 6.54. The molecule has 0 aromatic carbocycles. The standard InChI is InChI=1S/C19H29N5S/c1-21-19(23-16-8-3-6-14(16)12-20)22-13-15-7-4-10-24(2)18(15)17-9-5-11-25-17/h5,9,11,14-16,18H,3-4,6-8,10,13H2,1-2H3,(H2,21,22,23). The zero-order valence-corrected chi connectivity index (χ0v) is 16.1. The van der Waals surface area contributed by atoms with Gasteiger partial charge in [-0.15, -0.1) is 11.3 Å². The van der Waals surface area contributed by atoms with Crippen molar-refractivity contribution in [3.63, 3.8) is 0 Å². The first-order valence-electron chi connectivity index (χ1n) is 9.33. The molecule has 3 rings (SSSR count). The Morgan fingerprint density at radius 1 is 1.40 bits per heavy atom. The number of thiophene rings is 1. The van der Waals surface area contributed by atoms with Crippen LogP contribution in [-0.2, 0) is 0 Å². The maximum Gasteiger partial charge on any atom is 0.191 e. The second kappa shape index (κ2) is 8.68. The van der Waals surface area contributed by atoms with E-state index in [1.165, 1.54) is 17.7 Å². The molecule has 2 fully saturated rings. The zero-order chi connectivity index (χ0) is 17.6. The molecule has 1 saturated heterocycles. The van der Waals surface area contributed by atoms with Gasteiger partial charge < -0.3 is 10.6 Å². The number of guanidine groups is 1. The summed E-state index contributed by atoms with van der Waals surface area (Å²) in [5, 5.41) is 18.4. The van der Waals surface area contributed by atoms with Crippen molar-refractivity contribution in [2.75, 3.05) is 27.2 Å². The Morgan fingerprint density at radius 3 is 3.00 bits per heavy atom. The Bertz CT molecular complexity index is 606. The molecule has 0 bridgehead atoms. The summed E-state index contributed by atoms with van der Waals surface area (Å²) in [7, 11) is 4.05. The van der Waals surface area contributed by atoms with Crippen LogP contribution in [0.4, 0.5) is 0 Å². The third-order valence-electron chi connectivity index (χ3n) is 5.60. The van der Waals surface area contributed by atoms with Gasteiger partial charge in [-0.3, -0.25) is 9.89 Å². The van der Waals surface area contributed by atoms with Gasteiger partial charge in [-0.1, -0.05) is 6.07 Å². The Balaban J connectivity index is 1.59. The number of rotatable bonds is 4. The van der Waals surface area contributed by atoms with Crippen LogP contribution < -0.4 is 10.6 Å². The van der Waals surface area contributed by atoms with Crippen LogP contribution in [0.2, 0.25) is 0 Å². The van der Waals surface area contributed by atoms with Gasteiger partial charge in [0.25, 0.3) is 0 Å². The smallest absolute Gasteiger partial charge is 0.191 e. The first kappa shape index (κ1) is 18.2. The summed E-state index contributed by atoms with van der Waals surface area (Å²) in [6, 6.07) is 7.55. The fourth-order valence-corrected chi connectivity index (χ4v) is 5.25. The van der Waals surface area contributed by atoms with Crippen LogP contribution in [0.5, 0.6) is 0 Å². The molecule has 1 aromatic heterocycles. The van der Waals surface area contributed by atoms with E-state index >= 15 is 0 Å². The number of nitriles is 1. The van der Waals surface area contributed by atoms with Crippen molar-refractivity contribution in [3.05, 3.63) is 22.4 Å². The van der Waals surface area contributed by atoms with Crippen molar-refractivity contribution >= 4 is 17.3 Å². The van der Waals surface area contributed by atoms with Crippen LogP contribution in [0.25, 0.3) is 0 Å². The van der Waals surface area contributed by atoms with Crippen LogP contribution >= 0.6 is 11.3 Å². The summed E-state index contributed by atoms with van der Waals surface area (Å²) in [5.41, 5.74) is 0. The molecule has 136 valence electrons. The van der Waals surface area contributed by atoms with Crippen LogP contribution in [0.3, 0.4) is 0 Å². The lowest BCUT2D eigenvalue weighted by Gasteiger charge is -2.39. The van der Waals surface area contributed by atoms with Crippen LogP contribution in [-0.4, -0.2) is 44.1 Å². The molecule has 1 aliphatic heterocycles. The van der Waals surface area contributed by atoms with Crippen LogP contribution in [0.1, 0.15) is 43.0 Å². The average molecular weight is 360 g/mol. The van der Waals surface area contributed by atoms with Crippen LogP contribution in [0.15, 0.2) is 22.5 Å². The number of nitrogens with zero attached hydrogens (tertiary/aromatic N) is 3. The molecule has 6 heteroatoms. The highest BCUT2D eigenvalue weighted by molar-refractivity contribution is 7.10. The Hall–Kier alpha value is -1.58. The van der Waals surface area contributed by atoms with E-state index < -0.39 is 0 Å². The molecule has 4 atom stereocenters. The molecule has 1 saturated carbocycles. The van der Waals surface area contributed by atoms with E-state index in [0.717, 1.165) is 38.3 Å². The molecule has 2 heterocycles. The fourth-order valence-electron chi connectivity index (χ4n) is 4.27. The van der Waals surface area contributed by atoms with E-state index in [1.807, 2.05) is 18.4 Å². The van der Waals surface area contributed by atoms with Crippen LogP contribution in [0, 0.1) is 23.2 Å². The zero-order valence-electron chi connectivity index (χ0n) is 15.2. The quantitative estimate of drug-likeness (QED) is 0.641. The number of likely N-dealkylation sites (tertiary alicyclic amines) is 1. The van der Waals surface area contributed by atoms with E-state index in [0.29, 0.717) is 12.0 Å². The van der Waals surface area contributed by atoms with Gasteiger partial charge in [0.2, 0.25) is 0 Å². The average Bonchev–Trinajstić information content (AvgIpc) is 3.30. The minimum atomic E-state index is 0.109. The number of piperidine rings is 1. The molecule has 5 nitrogen and oxygen atoms in total. The monoisotopic (exact) mass is 359 g/mol. The van der Waals surface area contributed by atoms with Gasteiger partial charge in [0.15, 0.2) is 5.96 Å². The van der Waals surface area contributed by atoms with E-state index in [1.54, 1.807) is 0 Å².